The fraction of sp³-hybridized carbons (Fsp3) is 0.750. The summed E-state index contributed by atoms with van der Waals surface area (Å²) in [7, 11) is 2.20. The highest BCUT2D eigenvalue weighted by Crippen LogP contribution is 2.22. The number of nitrogens with zero attached hydrogens (tertiary/aromatic N) is 2. The van der Waals surface area contributed by atoms with E-state index in [1.54, 1.807) is 11.3 Å². The van der Waals surface area contributed by atoms with Gasteiger partial charge in [0.25, 0.3) is 0 Å². The highest BCUT2D eigenvalue weighted by atomic mass is 32.1. The summed E-state index contributed by atoms with van der Waals surface area (Å²) in [4.78, 5) is 6.94. The molecule has 1 aromatic heterocycles. The number of aryl methyl sites for hydroxylation is 1. The number of nitrogens with two attached hydrogens (primary N) is 1. The van der Waals surface area contributed by atoms with E-state index in [9.17, 15) is 0 Å². The fourth-order valence-corrected chi connectivity index (χ4v) is 3.01. The molecule has 0 aromatic carbocycles. The summed E-state index contributed by atoms with van der Waals surface area (Å²) in [6.45, 7) is 3.04. The van der Waals surface area contributed by atoms with E-state index < -0.39 is 0 Å². The molecule has 0 amide bonds. The maximum atomic E-state index is 5.92. The molecule has 0 spiro atoms. The Morgan fingerprint density at radius 2 is 2.12 bits per heavy atom. The Morgan fingerprint density at radius 1 is 1.44 bits per heavy atom. The molecule has 2 N–H and O–H groups in total. The van der Waals surface area contributed by atoms with Crippen molar-refractivity contribution in [2.45, 2.75) is 51.2 Å². The normalized spacial score (nSPS) is 26.2. The Hall–Kier alpha value is -0.450. The lowest BCUT2D eigenvalue weighted by Gasteiger charge is -2.33. The molecule has 1 heterocycles. The van der Waals surface area contributed by atoms with Gasteiger partial charge in [0.05, 0.1) is 10.7 Å². The Morgan fingerprint density at radius 3 is 2.69 bits per heavy atom. The van der Waals surface area contributed by atoms with Crippen molar-refractivity contribution in [1.29, 1.82) is 0 Å². The minimum absolute atomic E-state index is 0.436. The van der Waals surface area contributed by atoms with Crippen LogP contribution in [0.25, 0.3) is 0 Å². The molecule has 0 atom stereocenters. The average molecular weight is 239 g/mol. The lowest BCUT2D eigenvalue weighted by Crippen LogP contribution is -2.38. The third-order valence-electron chi connectivity index (χ3n) is 3.44. The molecule has 4 heteroatoms. The molecule has 0 bridgehead atoms. The van der Waals surface area contributed by atoms with Gasteiger partial charge < -0.3 is 5.73 Å². The van der Waals surface area contributed by atoms with Gasteiger partial charge in [-0.05, 0) is 39.7 Å². The van der Waals surface area contributed by atoms with Crippen LogP contribution < -0.4 is 5.73 Å². The highest BCUT2D eigenvalue weighted by Gasteiger charge is 2.22. The summed E-state index contributed by atoms with van der Waals surface area (Å²) in [5, 5.41) is 3.33. The molecule has 1 fully saturated rings. The molecule has 0 saturated heterocycles. The van der Waals surface area contributed by atoms with Gasteiger partial charge in [-0.25, -0.2) is 4.98 Å². The van der Waals surface area contributed by atoms with Crippen LogP contribution in [0.1, 0.15) is 36.4 Å². The van der Waals surface area contributed by atoms with Crippen molar-refractivity contribution in [1.82, 2.24) is 9.88 Å². The van der Waals surface area contributed by atoms with Gasteiger partial charge in [0.1, 0.15) is 0 Å². The maximum absolute atomic E-state index is 5.92. The Kier molecular flexibility index (Phi) is 3.95. The minimum Gasteiger partial charge on any atom is -0.328 e. The first-order valence-corrected chi connectivity index (χ1v) is 6.90. The third kappa shape index (κ3) is 3.03. The topological polar surface area (TPSA) is 42.2 Å². The van der Waals surface area contributed by atoms with E-state index in [0.717, 1.165) is 11.6 Å². The first-order chi connectivity index (χ1) is 7.65. The molecular formula is C12H21N3S. The van der Waals surface area contributed by atoms with Crippen molar-refractivity contribution in [3.8, 4) is 0 Å². The van der Waals surface area contributed by atoms with Crippen molar-refractivity contribution in [3.63, 3.8) is 0 Å². The molecule has 0 unspecified atom stereocenters. The highest BCUT2D eigenvalue weighted by molar-refractivity contribution is 7.09. The SMILES string of the molecule is Cc1nc(CN(C)C2CCC(N)CC2)cs1. The van der Waals surface area contributed by atoms with E-state index in [4.69, 9.17) is 5.73 Å². The fourth-order valence-electron chi connectivity index (χ4n) is 2.41. The first kappa shape index (κ1) is 12.0. The largest absolute Gasteiger partial charge is 0.328 e. The van der Waals surface area contributed by atoms with Crippen LogP contribution >= 0.6 is 11.3 Å². The van der Waals surface area contributed by atoms with Crippen LogP contribution in [0.5, 0.6) is 0 Å². The summed E-state index contributed by atoms with van der Waals surface area (Å²) in [5.41, 5.74) is 7.13. The van der Waals surface area contributed by atoms with Gasteiger partial charge in [0.2, 0.25) is 0 Å². The van der Waals surface area contributed by atoms with Crippen LogP contribution in [-0.4, -0.2) is 29.0 Å². The van der Waals surface area contributed by atoms with Gasteiger partial charge in [-0.15, -0.1) is 11.3 Å². The summed E-state index contributed by atoms with van der Waals surface area (Å²) < 4.78 is 0. The second kappa shape index (κ2) is 5.25. The minimum atomic E-state index is 0.436. The quantitative estimate of drug-likeness (QED) is 0.879. The predicted octanol–water partition coefficient (Wildman–Crippen LogP) is 2.15. The zero-order valence-corrected chi connectivity index (χ0v) is 11.0. The van der Waals surface area contributed by atoms with Gasteiger partial charge in [-0.2, -0.15) is 0 Å². The van der Waals surface area contributed by atoms with Gasteiger partial charge in [-0.1, -0.05) is 0 Å². The molecule has 1 aromatic rings. The van der Waals surface area contributed by atoms with Gasteiger partial charge >= 0.3 is 0 Å². The lowest BCUT2D eigenvalue weighted by atomic mass is 9.91. The molecule has 16 heavy (non-hydrogen) atoms. The average Bonchev–Trinajstić information content (AvgIpc) is 2.65. The van der Waals surface area contributed by atoms with E-state index in [0.29, 0.717) is 12.1 Å². The molecule has 1 saturated carbocycles. The zero-order valence-electron chi connectivity index (χ0n) is 10.1. The van der Waals surface area contributed by atoms with Crippen molar-refractivity contribution < 1.29 is 0 Å². The molecule has 0 radical (unpaired) electrons. The lowest BCUT2D eigenvalue weighted by molar-refractivity contribution is 0.175. The predicted molar refractivity (Wildman–Crippen MR) is 68.5 cm³/mol. The Labute approximate surface area is 102 Å². The van der Waals surface area contributed by atoms with E-state index >= 15 is 0 Å². The molecule has 1 aliphatic rings. The molecule has 0 aliphatic heterocycles. The summed E-state index contributed by atoms with van der Waals surface area (Å²) in [6.07, 6.45) is 4.82. The monoisotopic (exact) mass is 239 g/mol. The van der Waals surface area contributed by atoms with E-state index in [-0.39, 0.29) is 0 Å². The maximum Gasteiger partial charge on any atom is 0.0897 e. The molecule has 3 nitrogen and oxygen atoms in total. The number of thiazole rings is 1. The van der Waals surface area contributed by atoms with Crippen molar-refractivity contribution in [2.75, 3.05) is 7.05 Å². The Bertz CT molecular complexity index is 329. The first-order valence-electron chi connectivity index (χ1n) is 6.02. The summed E-state index contributed by atoms with van der Waals surface area (Å²) in [5.74, 6) is 0. The van der Waals surface area contributed by atoms with Crippen LogP contribution in [0.15, 0.2) is 5.38 Å². The van der Waals surface area contributed by atoms with Crippen LogP contribution in [0.4, 0.5) is 0 Å². The van der Waals surface area contributed by atoms with Crippen molar-refractivity contribution in [3.05, 3.63) is 16.1 Å². The Balaban J connectivity index is 1.85. The van der Waals surface area contributed by atoms with Crippen LogP contribution in [0.3, 0.4) is 0 Å². The molecular weight excluding hydrogens is 218 g/mol. The van der Waals surface area contributed by atoms with Crippen molar-refractivity contribution in [2.24, 2.45) is 5.73 Å². The number of hydrogen-bond donors (Lipinski definition) is 1. The van der Waals surface area contributed by atoms with Crippen LogP contribution in [0.2, 0.25) is 0 Å². The van der Waals surface area contributed by atoms with Crippen molar-refractivity contribution >= 4 is 11.3 Å². The second-order valence-electron chi connectivity index (χ2n) is 4.84. The van der Waals surface area contributed by atoms with Crippen LogP contribution in [0, 0.1) is 6.92 Å². The number of aromatic nitrogens is 1. The summed E-state index contributed by atoms with van der Waals surface area (Å²) >= 11 is 1.74. The molecule has 2 rings (SSSR count). The summed E-state index contributed by atoms with van der Waals surface area (Å²) in [6, 6.07) is 1.13. The smallest absolute Gasteiger partial charge is 0.0897 e. The van der Waals surface area contributed by atoms with Gasteiger partial charge in [0, 0.05) is 24.0 Å². The van der Waals surface area contributed by atoms with Gasteiger partial charge in [0.15, 0.2) is 0 Å². The molecule has 1 aliphatic carbocycles. The number of hydrogen-bond acceptors (Lipinski definition) is 4. The van der Waals surface area contributed by atoms with E-state index in [1.165, 1.54) is 31.4 Å². The standard InChI is InChI=1S/C12H21N3S/c1-9-14-11(8-16-9)7-15(2)12-5-3-10(13)4-6-12/h8,10,12H,3-7,13H2,1-2H3. The third-order valence-corrected chi connectivity index (χ3v) is 4.27. The molecule has 90 valence electrons. The van der Waals surface area contributed by atoms with Gasteiger partial charge in [-0.3, -0.25) is 4.90 Å². The number of rotatable bonds is 3. The second-order valence-corrected chi connectivity index (χ2v) is 5.90. The van der Waals surface area contributed by atoms with Crippen LogP contribution in [-0.2, 0) is 6.54 Å². The van der Waals surface area contributed by atoms with E-state index in [2.05, 4.69) is 29.2 Å². The zero-order chi connectivity index (χ0) is 11.5. The van der Waals surface area contributed by atoms with E-state index in [1.807, 2.05) is 0 Å².